The van der Waals surface area contributed by atoms with Gasteiger partial charge in [-0.3, -0.25) is 0 Å². The van der Waals surface area contributed by atoms with Gasteiger partial charge in [-0.25, -0.2) is 0 Å². The minimum absolute atomic E-state index is 0.432. The average Bonchev–Trinajstić information content (AvgIpc) is 2.14. The molecule has 0 amide bonds. The van der Waals surface area contributed by atoms with E-state index in [9.17, 15) is 0 Å². The minimum atomic E-state index is 0.432. The van der Waals surface area contributed by atoms with E-state index >= 15 is 0 Å². The molecule has 0 radical (unpaired) electrons. The molecule has 0 N–H and O–H groups in total. The summed E-state index contributed by atoms with van der Waals surface area (Å²) in [5, 5.41) is 0. The Morgan fingerprint density at radius 1 is 1.60 bits per heavy atom. The number of hydrogen-bond donors (Lipinski definition) is 0. The van der Waals surface area contributed by atoms with Crippen LogP contribution in [0, 0.1) is 0 Å². The zero-order chi connectivity index (χ0) is 7.40. The Morgan fingerprint density at radius 2 is 2.40 bits per heavy atom. The van der Waals surface area contributed by atoms with E-state index in [4.69, 9.17) is 4.74 Å². The Labute approximate surface area is 62.5 Å². The van der Waals surface area contributed by atoms with E-state index in [0.29, 0.717) is 6.10 Å². The lowest BCUT2D eigenvalue weighted by Gasteiger charge is -2.13. The highest BCUT2D eigenvalue weighted by molar-refractivity contribution is 4.87. The fourth-order valence-electron chi connectivity index (χ4n) is 1.15. The van der Waals surface area contributed by atoms with Crippen molar-refractivity contribution in [2.45, 2.75) is 18.9 Å². The second kappa shape index (κ2) is 3.62. The molecule has 1 heterocycles. The molecule has 1 rings (SSSR count). The number of hydrogen-bond acceptors (Lipinski definition) is 2. The maximum atomic E-state index is 5.24. The zero-order valence-corrected chi connectivity index (χ0v) is 6.71. The summed E-state index contributed by atoms with van der Waals surface area (Å²) in [6, 6.07) is 0. The quantitative estimate of drug-likeness (QED) is 0.544. The fraction of sp³-hybridized carbons (Fsp3) is 0.750. The van der Waals surface area contributed by atoms with Crippen molar-refractivity contribution in [3.05, 3.63) is 12.3 Å². The molecular weight excluding hydrogens is 126 g/mol. The van der Waals surface area contributed by atoms with Crippen LogP contribution >= 0.6 is 0 Å². The Hall–Kier alpha value is -0.500. The normalized spacial score (nSPS) is 26.6. The van der Waals surface area contributed by atoms with Crippen molar-refractivity contribution in [3.8, 4) is 0 Å². The van der Waals surface area contributed by atoms with Gasteiger partial charge in [0.05, 0.1) is 6.10 Å². The third-order valence-corrected chi connectivity index (χ3v) is 1.90. The first-order valence-electron chi connectivity index (χ1n) is 3.72. The molecule has 0 aliphatic carbocycles. The lowest BCUT2D eigenvalue weighted by Crippen LogP contribution is -2.16. The highest BCUT2D eigenvalue weighted by atomic mass is 16.5. The van der Waals surface area contributed by atoms with E-state index in [1.165, 1.54) is 0 Å². The number of ether oxygens (including phenoxy) is 1. The lowest BCUT2D eigenvalue weighted by atomic mass is 10.2. The summed E-state index contributed by atoms with van der Waals surface area (Å²) in [5.74, 6) is 0. The average molecular weight is 141 g/mol. The molecule has 0 spiro atoms. The second-order valence-corrected chi connectivity index (χ2v) is 2.75. The van der Waals surface area contributed by atoms with E-state index in [-0.39, 0.29) is 0 Å². The summed E-state index contributed by atoms with van der Waals surface area (Å²) in [7, 11) is 3.87. The summed E-state index contributed by atoms with van der Waals surface area (Å²) >= 11 is 0. The summed E-state index contributed by atoms with van der Waals surface area (Å²) < 4.78 is 5.24. The molecule has 1 unspecified atom stereocenters. The van der Waals surface area contributed by atoms with E-state index in [2.05, 4.69) is 24.2 Å². The summed E-state index contributed by atoms with van der Waals surface area (Å²) in [4.78, 5) is 2.19. The van der Waals surface area contributed by atoms with E-state index in [1.54, 1.807) is 7.11 Å². The van der Waals surface area contributed by atoms with Gasteiger partial charge in [-0.15, -0.1) is 0 Å². The van der Waals surface area contributed by atoms with Crippen molar-refractivity contribution in [2.75, 3.05) is 20.7 Å². The molecule has 1 atom stereocenters. The highest BCUT2D eigenvalue weighted by Gasteiger charge is 2.08. The van der Waals surface area contributed by atoms with Gasteiger partial charge in [0.2, 0.25) is 0 Å². The topological polar surface area (TPSA) is 12.5 Å². The third-order valence-electron chi connectivity index (χ3n) is 1.90. The number of nitrogens with zero attached hydrogens (tertiary/aromatic N) is 1. The Kier molecular flexibility index (Phi) is 2.75. The van der Waals surface area contributed by atoms with Crippen LogP contribution in [0.3, 0.4) is 0 Å². The molecule has 0 aromatic carbocycles. The maximum absolute atomic E-state index is 5.24. The largest absolute Gasteiger partial charge is 0.381 e. The van der Waals surface area contributed by atoms with Crippen LogP contribution in [0.2, 0.25) is 0 Å². The van der Waals surface area contributed by atoms with Crippen LogP contribution in [-0.4, -0.2) is 31.7 Å². The zero-order valence-electron chi connectivity index (χ0n) is 6.71. The van der Waals surface area contributed by atoms with Crippen LogP contribution < -0.4 is 0 Å². The molecule has 58 valence electrons. The van der Waals surface area contributed by atoms with Gasteiger partial charge in [0.25, 0.3) is 0 Å². The molecule has 2 nitrogen and oxygen atoms in total. The Balaban J connectivity index is 2.37. The van der Waals surface area contributed by atoms with Crippen LogP contribution in [-0.2, 0) is 4.74 Å². The summed E-state index contributed by atoms with van der Waals surface area (Å²) in [5.41, 5.74) is 0. The van der Waals surface area contributed by atoms with Crippen molar-refractivity contribution < 1.29 is 4.74 Å². The molecular formula is C8H15NO. The fourth-order valence-corrected chi connectivity index (χ4v) is 1.15. The van der Waals surface area contributed by atoms with Crippen LogP contribution in [0.15, 0.2) is 12.3 Å². The van der Waals surface area contributed by atoms with Gasteiger partial charge in [0.15, 0.2) is 0 Å². The van der Waals surface area contributed by atoms with Crippen molar-refractivity contribution in [2.24, 2.45) is 0 Å². The standard InChI is InChI=1S/C8H15NO/c1-9-6-3-4-8(10-2)5-7-9/h3,6,8H,4-5,7H2,1-2H3. The predicted molar refractivity (Wildman–Crippen MR) is 41.8 cm³/mol. The van der Waals surface area contributed by atoms with Gasteiger partial charge in [-0.1, -0.05) is 6.08 Å². The molecule has 1 aliphatic heterocycles. The van der Waals surface area contributed by atoms with Crippen molar-refractivity contribution in [1.82, 2.24) is 4.90 Å². The van der Waals surface area contributed by atoms with Gasteiger partial charge < -0.3 is 9.64 Å². The first-order chi connectivity index (χ1) is 4.83. The van der Waals surface area contributed by atoms with Crippen LogP contribution in [0.4, 0.5) is 0 Å². The SMILES string of the molecule is COC1CC=CN(C)CC1. The molecule has 1 aliphatic rings. The van der Waals surface area contributed by atoms with Gasteiger partial charge in [0.1, 0.15) is 0 Å². The molecule has 0 aromatic rings. The first kappa shape index (κ1) is 7.61. The van der Waals surface area contributed by atoms with Crippen LogP contribution in [0.5, 0.6) is 0 Å². The molecule has 0 bridgehead atoms. The lowest BCUT2D eigenvalue weighted by molar-refractivity contribution is 0.0957. The Morgan fingerprint density at radius 3 is 3.10 bits per heavy atom. The van der Waals surface area contributed by atoms with Crippen molar-refractivity contribution in [3.63, 3.8) is 0 Å². The van der Waals surface area contributed by atoms with Gasteiger partial charge in [0, 0.05) is 20.7 Å². The molecule has 2 heteroatoms. The molecule has 0 saturated carbocycles. The predicted octanol–water partition coefficient (Wildman–Crippen LogP) is 1.24. The van der Waals surface area contributed by atoms with E-state index in [1.807, 2.05) is 0 Å². The third kappa shape index (κ3) is 2.03. The summed E-state index contributed by atoms with van der Waals surface area (Å²) in [6.07, 6.45) is 6.92. The van der Waals surface area contributed by atoms with Gasteiger partial charge >= 0.3 is 0 Å². The van der Waals surface area contributed by atoms with Gasteiger partial charge in [-0.05, 0) is 19.0 Å². The molecule has 0 aromatic heterocycles. The van der Waals surface area contributed by atoms with Gasteiger partial charge in [-0.2, -0.15) is 0 Å². The summed E-state index contributed by atoms with van der Waals surface area (Å²) in [6.45, 7) is 1.11. The van der Waals surface area contributed by atoms with E-state index in [0.717, 1.165) is 19.4 Å². The monoisotopic (exact) mass is 141 g/mol. The highest BCUT2D eigenvalue weighted by Crippen LogP contribution is 2.08. The van der Waals surface area contributed by atoms with E-state index < -0.39 is 0 Å². The smallest absolute Gasteiger partial charge is 0.0623 e. The van der Waals surface area contributed by atoms with Crippen LogP contribution in [0.1, 0.15) is 12.8 Å². The number of rotatable bonds is 1. The molecule has 10 heavy (non-hydrogen) atoms. The second-order valence-electron chi connectivity index (χ2n) is 2.75. The molecule has 0 fully saturated rings. The van der Waals surface area contributed by atoms with Crippen LogP contribution in [0.25, 0.3) is 0 Å². The maximum Gasteiger partial charge on any atom is 0.0623 e. The number of methoxy groups -OCH3 is 1. The molecule has 0 saturated heterocycles. The first-order valence-corrected chi connectivity index (χ1v) is 3.72. The van der Waals surface area contributed by atoms with Crippen molar-refractivity contribution >= 4 is 0 Å². The van der Waals surface area contributed by atoms with Crippen molar-refractivity contribution in [1.29, 1.82) is 0 Å². The minimum Gasteiger partial charge on any atom is -0.381 e. The Bertz CT molecular complexity index is 122.